The van der Waals surface area contributed by atoms with Crippen LogP contribution in [0.5, 0.6) is 0 Å². The molecule has 0 saturated heterocycles. The molecule has 0 radical (unpaired) electrons. The fourth-order valence-electron chi connectivity index (χ4n) is 0.531. The number of aldehydes is 1. The molecule has 0 aliphatic heterocycles. The van der Waals surface area contributed by atoms with Gasteiger partial charge in [0, 0.05) is 5.57 Å². The van der Waals surface area contributed by atoms with Crippen molar-refractivity contribution in [3.8, 4) is 0 Å². The standard InChI is InChI=1S/C9H14O4/c1-7(2)9(11)13-5-4-12-8(3)6-10/h6,8H,1,4-5H2,2-3H3. The third-order valence-electron chi connectivity index (χ3n) is 1.24. The van der Waals surface area contributed by atoms with Crippen molar-refractivity contribution in [3.05, 3.63) is 12.2 Å². The van der Waals surface area contributed by atoms with Crippen molar-refractivity contribution >= 4 is 12.3 Å². The molecule has 4 nitrogen and oxygen atoms in total. The van der Waals surface area contributed by atoms with E-state index in [-0.39, 0.29) is 13.2 Å². The summed E-state index contributed by atoms with van der Waals surface area (Å²) >= 11 is 0. The lowest BCUT2D eigenvalue weighted by Crippen LogP contribution is -2.16. The predicted molar refractivity (Wildman–Crippen MR) is 47.3 cm³/mol. The topological polar surface area (TPSA) is 52.6 Å². The first kappa shape index (κ1) is 11.8. The minimum absolute atomic E-state index is 0.143. The molecule has 0 aromatic heterocycles. The first-order chi connectivity index (χ1) is 6.07. The highest BCUT2D eigenvalue weighted by atomic mass is 16.6. The molecule has 1 unspecified atom stereocenters. The molecule has 1 atom stereocenters. The number of hydrogen-bond acceptors (Lipinski definition) is 4. The van der Waals surface area contributed by atoms with Gasteiger partial charge in [0.25, 0.3) is 0 Å². The molecule has 0 fully saturated rings. The Kier molecular flexibility index (Phi) is 5.80. The molecule has 0 rings (SSSR count). The van der Waals surface area contributed by atoms with Crippen LogP contribution in [-0.2, 0) is 19.1 Å². The Hall–Kier alpha value is -1.16. The monoisotopic (exact) mass is 186 g/mol. The molecule has 0 aliphatic carbocycles. The molecule has 4 heteroatoms. The van der Waals surface area contributed by atoms with Gasteiger partial charge in [0.2, 0.25) is 0 Å². The van der Waals surface area contributed by atoms with E-state index in [1.54, 1.807) is 13.8 Å². The van der Waals surface area contributed by atoms with Gasteiger partial charge in [0.1, 0.15) is 19.0 Å². The molecule has 0 heterocycles. The highest BCUT2D eigenvalue weighted by molar-refractivity contribution is 5.86. The summed E-state index contributed by atoms with van der Waals surface area (Å²) in [4.78, 5) is 20.9. The maximum atomic E-state index is 10.8. The lowest BCUT2D eigenvalue weighted by atomic mass is 10.4. The minimum atomic E-state index is -0.455. The second-order valence-electron chi connectivity index (χ2n) is 2.63. The molecule has 0 aromatic rings. The molecule has 0 amide bonds. The zero-order valence-corrected chi connectivity index (χ0v) is 7.91. The van der Waals surface area contributed by atoms with Gasteiger partial charge < -0.3 is 14.3 Å². The largest absolute Gasteiger partial charge is 0.460 e. The number of carbonyl (C=O) groups excluding carboxylic acids is 2. The van der Waals surface area contributed by atoms with Crippen LogP contribution < -0.4 is 0 Å². The third kappa shape index (κ3) is 6.04. The van der Waals surface area contributed by atoms with E-state index in [9.17, 15) is 9.59 Å². The number of esters is 1. The molecule has 0 saturated carbocycles. The van der Waals surface area contributed by atoms with Gasteiger partial charge in [-0.2, -0.15) is 0 Å². The average molecular weight is 186 g/mol. The number of hydrogen-bond donors (Lipinski definition) is 0. The van der Waals surface area contributed by atoms with Crippen LogP contribution in [0.1, 0.15) is 13.8 Å². The molecular formula is C9H14O4. The second-order valence-corrected chi connectivity index (χ2v) is 2.63. The second kappa shape index (κ2) is 6.37. The third-order valence-corrected chi connectivity index (χ3v) is 1.24. The number of rotatable bonds is 6. The van der Waals surface area contributed by atoms with Gasteiger partial charge in [-0.3, -0.25) is 0 Å². The van der Waals surface area contributed by atoms with Gasteiger partial charge in [-0.05, 0) is 13.8 Å². The fourth-order valence-corrected chi connectivity index (χ4v) is 0.531. The van der Waals surface area contributed by atoms with Crippen molar-refractivity contribution in [2.45, 2.75) is 20.0 Å². The van der Waals surface area contributed by atoms with Gasteiger partial charge in [-0.1, -0.05) is 6.58 Å². The fraction of sp³-hybridized carbons (Fsp3) is 0.556. The zero-order valence-electron chi connectivity index (χ0n) is 7.91. The van der Waals surface area contributed by atoms with E-state index >= 15 is 0 Å². The van der Waals surface area contributed by atoms with E-state index in [2.05, 4.69) is 6.58 Å². The average Bonchev–Trinajstić information content (AvgIpc) is 2.11. The molecule has 74 valence electrons. The summed E-state index contributed by atoms with van der Waals surface area (Å²) in [7, 11) is 0. The Morgan fingerprint density at radius 2 is 2.15 bits per heavy atom. The molecule has 0 spiro atoms. The first-order valence-electron chi connectivity index (χ1n) is 3.97. The van der Waals surface area contributed by atoms with Gasteiger partial charge in [0.05, 0.1) is 6.61 Å². The van der Waals surface area contributed by atoms with E-state index in [0.717, 1.165) is 0 Å². The van der Waals surface area contributed by atoms with Crippen molar-refractivity contribution in [3.63, 3.8) is 0 Å². The normalized spacial score (nSPS) is 11.8. The van der Waals surface area contributed by atoms with Gasteiger partial charge in [-0.15, -0.1) is 0 Å². The van der Waals surface area contributed by atoms with Crippen molar-refractivity contribution in [2.75, 3.05) is 13.2 Å². The summed E-state index contributed by atoms with van der Waals surface area (Å²) in [5.74, 6) is -0.442. The quantitative estimate of drug-likeness (QED) is 0.265. The van der Waals surface area contributed by atoms with Crippen LogP contribution in [0, 0.1) is 0 Å². The predicted octanol–water partition coefficient (Wildman–Crippen LogP) is 0.710. The zero-order chi connectivity index (χ0) is 10.3. The van der Waals surface area contributed by atoms with Crippen LogP contribution in [0.2, 0.25) is 0 Å². The number of ether oxygens (including phenoxy) is 2. The summed E-state index contributed by atoms with van der Waals surface area (Å²) in [6.07, 6.45) is 0.226. The molecule has 0 bridgehead atoms. The van der Waals surface area contributed by atoms with Crippen LogP contribution in [-0.4, -0.2) is 31.6 Å². The van der Waals surface area contributed by atoms with Gasteiger partial charge >= 0.3 is 5.97 Å². The van der Waals surface area contributed by atoms with Crippen LogP contribution in [0.3, 0.4) is 0 Å². The summed E-state index contributed by atoms with van der Waals surface area (Å²) in [5.41, 5.74) is 0.350. The molecule has 0 aliphatic rings. The molecule has 0 N–H and O–H groups in total. The van der Waals surface area contributed by atoms with E-state index in [0.29, 0.717) is 11.9 Å². The lowest BCUT2D eigenvalue weighted by Gasteiger charge is -2.06. The van der Waals surface area contributed by atoms with Crippen molar-refractivity contribution in [1.82, 2.24) is 0 Å². The Bertz CT molecular complexity index is 198. The summed E-state index contributed by atoms with van der Waals surface area (Å²) in [6.45, 7) is 6.96. The Morgan fingerprint density at radius 3 is 2.62 bits per heavy atom. The van der Waals surface area contributed by atoms with Crippen molar-refractivity contribution < 1.29 is 19.1 Å². The maximum absolute atomic E-state index is 10.8. The Balaban J connectivity index is 3.41. The summed E-state index contributed by atoms with van der Waals surface area (Å²) in [5, 5.41) is 0. The van der Waals surface area contributed by atoms with Gasteiger partial charge in [0.15, 0.2) is 0 Å². The summed E-state index contributed by atoms with van der Waals surface area (Å²) in [6, 6.07) is 0. The molecule has 13 heavy (non-hydrogen) atoms. The van der Waals surface area contributed by atoms with E-state index in [1.165, 1.54) is 0 Å². The number of carbonyl (C=O) groups is 2. The molecular weight excluding hydrogens is 172 g/mol. The molecule has 0 aromatic carbocycles. The highest BCUT2D eigenvalue weighted by Gasteiger charge is 2.03. The van der Waals surface area contributed by atoms with Crippen LogP contribution >= 0.6 is 0 Å². The van der Waals surface area contributed by atoms with E-state index < -0.39 is 12.1 Å². The Labute approximate surface area is 77.5 Å². The van der Waals surface area contributed by atoms with E-state index in [4.69, 9.17) is 9.47 Å². The SMILES string of the molecule is C=C(C)C(=O)OCCOC(C)C=O. The highest BCUT2D eigenvalue weighted by Crippen LogP contribution is 1.92. The van der Waals surface area contributed by atoms with Crippen LogP contribution in [0.15, 0.2) is 12.2 Å². The lowest BCUT2D eigenvalue weighted by molar-refractivity contribution is -0.141. The maximum Gasteiger partial charge on any atom is 0.333 e. The Morgan fingerprint density at radius 1 is 1.54 bits per heavy atom. The first-order valence-corrected chi connectivity index (χ1v) is 3.97. The van der Waals surface area contributed by atoms with Crippen LogP contribution in [0.25, 0.3) is 0 Å². The van der Waals surface area contributed by atoms with Gasteiger partial charge in [-0.25, -0.2) is 4.79 Å². The smallest absolute Gasteiger partial charge is 0.333 e. The summed E-state index contributed by atoms with van der Waals surface area (Å²) < 4.78 is 9.67. The minimum Gasteiger partial charge on any atom is -0.460 e. The van der Waals surface area contributed by atoms with Crippen molar-refractivity contribution in [1.29, 1.82) is 0 Å². The van der Waals surface area contributed by atoms with Crippen molar-refractivity contribution in [2.24, 2.45) is 0 Å². The van der Waals surface area contributed by atoms with E-state index in [1.807, 2.05) is 0 Å². The van der Waals surface area contributed by atoms with Crippen LogP contribution in [0.4, 0.5) is 0 Å².